The number of nitrogens with one attached hydrogen (secondary N) is 4. The number of aromatic amines is 1. The number of carbonyl (C=O) groups excluding carboxylic acids is 1. The van der Waals surface area contributed by atoms with Gasteiger partial charge in [-0.15, -0.1) is 19.4 Å². The highest BCUT2D eigenvalue weighted by Crippen LogP contribution is 2.37. The first kappa shape index (κ1) is 39.2. The maximum absolute atomic E-state index is 12.1. The van der Waals surface area contributed by atoms with Crippen LogP contribution in [0.25, 0.3) is 0 Å². The van der Waals surface area contributed by atoms with Crippen LogP contribution in [0.1, 0.15) is 98.8 Å². The van der Waals surface area contributed by atoms with E-state index in [9.17, 15) is 9.00 Å². The first-order valence-electron chi connectivity index (χ1n) is 13.9. The van der Waals surface area contributed by atoms with Crippen molar-refractivity contribution in [2.24, 2.45) is 0 Å². The molecule has 40 heavy (non-hydrogen) atoms. The van der Waals surface area contributed by atoms with E-state index >= 15 is 0 Å². The zero-order chi connectivity index (χ0) is 31.3. The molecule has 4 N–H and O–H groups in total. The third-order valence-electron chi connectivity index (χ3n) is 5.63. The topological polar surface area (TPSA) is 108 Å². The van der Waals surface area contributed by atoms with E-state index in [1.54, 1.807) is 13.2 Å². The Morgan fingerprint density at radius 3 is 2.25 bits per heavy atom. The van der Waals surface area contributed by atoms with Gasteiger partial charge in [0.25, 0.3) is 0 Å². The number of benzene rings is 1. The number of aromatic nitrogens is 2. The minimum Gasteiger partial charge on any atom is -0.381 e. The molecule has 1 fully saturated rings. The Morgan fingerprint density at radius 2 is 1.77 bits per heavy atom. The minimum absolute atomic E-state index is 0.280. The van der Waals surface area contributed by atoms with Gasteiger partial charge in [0.05, 0.1) is 16.5 Å². The minimum atomic E-state index is -1.14. The number of carbonyl (C=O) groups is 1. The molecule has 1 aliphatic carbocycles. The SMILES string of the molecule is C#C.C=CC.CC.CC.CC(C)NC=O.COC1CCC(c2cc(Nc3ccc4c(c3)C(C)(C)NS4=O)n[nH]2)C1. The molecule has 2 heterocycles. The molecule has 4 rings (SSSR count). The van der Waals surface area contributed by atoms with Crippen LogP contribution in [0.4, 0.5) is 11.5 Å². The molecule has 0 bridgehead atoms. The van der Waals surface area contributed by atoms with Gasteiger partial charge < -0.3 is 15.4 Å². The largest absolute Gasteiger partial charge is 0.381 e. The fourth-order valence-electron chi connectivity index (χ4n) is 3.93. The molecule has 2 aromatic rings. The standard InChI is InChI=1S/C18H24N4O2S.C4H9NO.C3H6.2C2H6.C2H2/c1-18(2)14-9-12(5-7-16(14)25(23)22-18)19-17-10-15(20-21-17)11-4-6-13(8-11)24-3;1-4(2)5-3-6;1-3-2;3*1-2/h5,7,9-11,13,22H,4,6,8H2,1-3H3,(H2,19,20,21);3-4H,1-2H3,(H,5,6);3H,1H2,2H3;2*1-2H3;1-2H. The van der Waals surface area contributed by atoms with Crippen molar-refractivity contribution in [1.29, 1.82) is 0 Å². The molecule has 1 saturated carbocycles. The average molecular weight is 576 g/mol. The van der Waals surface area contributed by atoms with Crippen LogP contribution in [0.5, 0.6) is 0 Å². The Hall–Kier alpha value is -2.93. The van der Waals surface area contributed by atoms with Gasteiger partial charge in [0.1, 0.15) is 11.0 Å². The number of H-pyrrole nitrogens is 1. The number of rotatable bonds is 6. The summed E-state index contributed by atoms with van der Waals surface area (Å²) >= 11 is 0. The number of nitrogens with zero attached hydrogens (tertiary/aromatic N) is 1. The van der Waals surface area contributed by atoms with E-state index in [1.807, 2.05) is 74.4 Å². The molecule has 3 atom stereocenters. The third kappa shape index (κ3) is 12.9. The summed E-state index contributed by atoms with van der Waals surface area (Å²) in [5, 5.41) is 13.4. The van der Waals surface area contributed by atoms with E-state index < -0.39 is 11.0 Å². The van der Waals surface area contributed by atoms with Gasteiger partial charge in [0.15, 0.2) is 5.82 Å². The van der Waals surface area contributed by atoms with E-state index in [4.69, 9.17) is 4.74 Å². The second-order valence-electron chi connectivity index (χ2n) is 9.26. The summed E-state index contributed by atoms with van der Waals surface area (Å²) in [5.74, 6) is 1.29. The molecule has 0 spiro atoms. The van der Waals surface area contributed by atoms with Crippen molar-refractivity contribution in [3.05, 3.63) is 48.2 Å². The lowest BCUT2D eigenvalue weighted by molar-refractivity contribution is -0.109. The number of hydrogen-bond acceptors (Lipinski definition) is 5. The molecule has 226 valence electrons. The van der Waals surface area contributed by atoms with Gasteiger partial charge in [-0.2, -0.15) is 5.10 Å². The van der Waals surface area contributed by atoms with Gasteiger partial charge in [-0.1, -0.05) is 33.8 Å². The highest BCUT2D eigenvalue weighted by Gasteiger charge is 2.34. The molecular formula is C31H53N5O3S. The highest BCUT2D eigenvalue weighted by molar-refractivity contribution is 7.83. The van der Waals surface area contributed by atoms with Crippen molar-refractivity contribution in [2.45, 2.75) is 110 Å². The highest BCUT2D eigenvalue weighted by atomic mass is 32.2. The van der Waals surface area contributed by atoms with Gasteiger partial charge >= 0.3 is 0 Å². The summed E-state index contributed by atoms with van der Waals surface area (Å²) in [7, 11) is 0.646. The molecular weight excluding hydrogens is 522 g/mol. The molecule has 1 aromatic heterocycles. The van der Waals surface area contributed by atoms with Gasteiger partial charge in [-0.25, -0.2) is 8.93 Å². The van der Waals surface area contributed by atoms with Crippen LogP contribution in [0.3, 0.4) is 0 Å². The predicted molar refractivity (Wildman–Crippen MR) is 171 cm³/mol. The van der Waals surface area contributed by atoms with E-state index in [0.717, 1.165) is 46.9 Å². The molecule has 0 radical (unpaired) electrons. The number of amides is 1. The summed E-state index contributed by atoms with van der Waals surface area (Å²) in [6.45, 7) is 21.2. The van der Waals surface area contributed by atoms with Crippen molar-refractivity contribution in [3.63, 3.8) is 0 Å². The van der Waals surface area contributed by atoms with E-state index in [1.165, 1.54) is 0 Å². The van der Waals surface area contributed by atoms with Crippen LogP contribution in [0.15, 0.2) is 41.8 Å². The number of fused-ring (bicyclic) bond motifs is 1. The van der Waals surface area contributed by atoms with Crippen LogP contribution in [-0.4, -0.2) is 40.1 Å². The smallest absolute Gasteiger partial charge is 0.207 e. The second-order valence-corrected chi connectivity index (χ2v) is 10.4. The molecule has 1 aliphatic heterocycles. The number of terminal acetylenes is 1. The van der Waals surface area contributed by atoms with E-state index in [0.29, 0.717) is 18.4 Å². The molecule has 8 nitrogen and oxygen atoms in total. The summed E-state index contributed by atoms with van der Waals surface area (Å²) in [4.78, 5) is 10.4. The number of ether oxygens (including phenoxy) is 1. The normalized spacial score (nSPS) is 19.1. The number of methoxy groups -OCH3 is 1. The van der Waals surface area contributed by atoms with Crippen LogP contribution in [0.2, 0.25) is 0 Å². The summed E-state index contributed by atoms with van der Waals surface area (Å²) in [6, 6.07) is 8.28. The number of anilines is 2. The maximum Gasteiger partial charge on any atom is 0.207 e. The van der Waals surface area contributed by atoms with Crippen molar-refractivity contribution in [1.82, 2.24) is 20.2 Å². The van der Waals surface area contributed by atoms with Gasteiger partial charge in [-0.05, 0) is 77.6 Å². The Kier molecular flexibility index (Phi) is 21.4. The summed E-state index contributed by atoms with van der Waals surface area (Å²) in [5.41, 5.74) is 2.87. The van der Waals surface area contributed by atoms with Crippen LogP contribution >= 0.6 is 0 Å². The Bertz CT molecular complexity index is 1020. The van der Waals surface area contributed by atoms with Crippen molar-refractivity contribution >= 4 is 28.9 Å². The van der Waals surface area contributed by atoms with Crippen LogP contribution in [0, 0.1) is 12.8 Å². The van der Waals surface area contributed by atoms with Crippen LogP contribution < -0.4 is 15.4 Å². The predicted octanol–water partition coefficient (Wildman–Crippen LogP) is 6.93. The number of allylic oxidation sites excluding steroid dienone is 1. The third-order valence-corrected chi connectivity index (χ3v) is 7.08. The Morgan fingerprint density at radius 1 is 1.18 bits per heavy atom. The molecule has 1 aromatic carbocycles. The first-order chi connectivity index (χ1) is 19.1. The van der Waals surface area contributed by atoms with Crippen molar-refractivity contribution in [3.8, 4) is 12.8 Å². The van der Waals surface area contributed by atoms with Crippen LogP contribution in [-0.2, 0) is 26.1 Å². The Balaban J connectivity index is 0. The van der Waals surface area contributed by atoms with Crippen molar-refractivity contribution in [2.75, 3.05) is 12.4 Å². The average Bonchev–Trinajstić information content (AvgIpc) is 3.67. The molecule has 3 unspecified atom stereocenters. The van der Waals surface area contributed by atoms with Crippen molar-refractivity contribution < 1.29 is 13.7 Å². The first-order valence-corrected chi connectivity index (χ1v) is 15.1. The van der Waals surface area contributed by atoms with E-state index in [2.05, 4.69) is 57.1 Å². The van der Waals surface area contributed by atoms with Gasteiger partial charge in [-0.3, -0.25) is 9.89 Å². The van der Waals surface area contributed by atoms with Gasteiger partial charge in [0, 0.05) is 36.5 Å². The Labute approximate surface area is 246 Å². The molecule has 1 amide bonds. The monoisotopic (exact) mass is 575 g/mol. The lowest BCUT2D eigenvalue weighted by Crippen LogP contribution is -2.30. The molecule has 2 aliphatic rings. The molecule has 9 heteroatoms. The summed E-state index contributed by atoms with van der Waals surface area (Å²) in [6.07, 6.45) is 14.1. The van der Waals surface area contributed by atoms with Gasteiger partial charge in [0.2, 0.25) is 6.41 Å². The lowest BCUT2D eigenvalue weighted by Gasteiger charge is -2.18. The summed E-state index contributed by atoms with van der Waals surface area (Å²) < 4.78 is 20.7. The fraction of sp³-hybridized carbons (Fsp3) is 0.548. The second kappa shape index (κ2) is 21.8. The molecule has 0 saturated heterocycles. The number of hydrogen-bond donors (Lipinski definition) is 4. The zero-order valence-corrected chi connectivity index (χ0v) is 27.1. The lowest BCUT2D eigenvalue weighted by atomic mass is 9.95. The maximum atomic E-state index is 12.1. The van der Waals surface area contributed by atoms with E-state index in [-0.39, 0.29) is 11.6 Å². The quantitative estimate of drug-likeness (QED) is 0.170. The zero-order valence-electron chi connectivity index (χ0n) is 26.3. The fourth-order valence-corrected chi connectivity index (χ4v) is 5.32.